The molecular formula is C10H21N3O. The second kappa shape index (κ2) is 5.98. The molecule has 0 saturated carbocycles. The summed E-state index contributed by atoms with van der Waals surface area (Å²) in [6.07, 6.45) is 1.79. The Morgan fingerprint density at radius 1 is 1.50 bits per heavy atom. The summed E-state index contributed by atoms with van der Waals surface area (Å²) in [7, 11) is 4.05. The Labute approximate surface area is 86.2 Å². The third kappa shape index (κ3) is 3.64. The zero-order valence-electron chi connectivity index (χ0n) is 9.25. The lowest BCUT2D eigenvalue weighted by molar-refractivity contribution is -0.127. The lowest BCUT2D eigenvalue weighted by atomic mass is 10.4. The molecule has 0 bridgehead atoms. The molecule has 1 amide bonds. The van der Waals surface area contributed by atoms with Gasteiger partial charge in [-0.25, -0.2) is 0 Å². The molecule has 4 heteroatoms. The normalized spacial score (nSPS) is 17.1. The Kier molecular flexibility index (Phi) is 4.90. The van der Waals surface area contributed by atoms with Crippen LogP contribution >= 0.6 is 0 Å². The van der Waals surface area contributed by atoms with E-state index in [4.69, 9.17) is 0 Å². The molecule has 0 atom stereocenters. The standard InChI is InChI=1S/C10H21N3O/c1-11-5-7-12(2)8-9-13-6-3-4-10(13)14/h11H,3-9H2,1-2H3. The van der Waals surface area contributed by atoms with Crippen molar-refractivity contribution in [2.45, 2.75) is 12.8 Å². The Balaban J connectivity index is 2.10. The molecule has 1 heterocycles. The first-order valence-electron chi connectivity index (χ1n) is 5.35. The van der Waals surface area contributed by atoms with Gasteiger partial charge >= 0.3 is 0 Å². The SMILES string of the molecule is CNCCN(C)CCN1CCCC1=O. The number of likely N-dealkylation sites (tertiary alicyclic amines) is 1. The molecule has 0 aliphatic carbocycles. The van der Waals surface area contributed by atoms with Gasteiger partial charge in [-0.05, 0) is 20.5 Å². The first-order chi connectivity index (χ1) is 6.74. The van der Waals surface area contributed by atoms with Crippen LogP contribution in [0.3, 0.4) is 0 Å². The van der Waals surface area contributed by atoms with Crippen LogP contribution in [0.2, 0.25) is 0 Å². The van der Waals surface area contributed by atoms with Gasteiger partial charge in [0.1, 0.15) is 0 Å². The Morgan fingerprint density at radius 2 is 2.29 bits per heavy atom. The van der Waals surface area contributed by atoms with Crippen LogP contribution in [0.1, 0.15) is 12.8 Å². The minimum absolute atomic E-state index is 0.326. The lowest BCUT2D eigenvalue weighted by Gasteiger charge is -2.21. The zero-order valence-corrected chi connectivity index (χ0v) is 9.25. The van der Waals surface area contributed by atoms with E-state index >= 15 is 0 Å². The van der Waals surface area contributed by atoms with E-state index in [1.54, 1.807) is 0 Å². The maximum Gasteiger partial charge on any atom is 0.222 e. The van der Waals surface area contributed by atoms with Crippen LogP contribution in [0, 0.1) is 0 Å². The summed E-state index contributed by atoms with van der Waals surface area (Å²) in [5.41, 5.74) is 0. The van der Waals surface area contributed by atoms with Gasteiger partial charge in [0, 0.05) is 39.1 Å². The predicted molar refractivity (Wildman–Crippen MR) is 57.2 cm³/mol. The summed E-state index contributed by atoms with van der Waals surface area (Å²) >= 11 is 0. The summed E-state index contributed by atoms with van der Waals surface area (Å²) in [6.45, 7) is 4.87. The molecular weight excluding hydrogens is 178 g/mol. The summed E-state index contributed by atoms with van der Waals surface area (Å²) in [5, 5.41) is 3.11. The van der Waals surface area contributed by atoms with Gasteiger partial charge in [0.2, 0.25) is 5.91 Å². The van der Waals surface area contributed by atoms with E-state index in [1.807, 2.05) is 11.9 Å². The van der Waals surface area contributed by atoms with Crippen molar-refractivity contribution < 1.29 is 4.79 Å². The molecule has 0 unspecified atom stereocenters. The van der Waals surface area contributed by atoms with Crippen LogP contribution in [0.15, 0.2) is 0 Å². The topological polar surface area (TPSA) is 35.6 Å². The smallest absolute Gasteiger partial charge is 0.222 e. The molecule has 0 spiro atoms. The third-order valence-corrected chi connectivity index (χ3v) is 2.67. The predicted octanol–water partition coefficient (Wildman–Crippen LogP) is -0.240. The van der Waals surface area contributed by atoms with E-state index in [9.17, 15) is 4.79 Å². The summed E-state index contributed by atoms with van der Waals surface area (Å²) in [4.78, 5) is 15.5. The monoisotopic (exact) mass is 199 g/mol. The van der Waals surface area contributed by atoms with Crippen molar-refractivity contribution in [3.8, 4) is 0 Å². The fourth-order valence-electron chi connectivity index (χ4n) is 1.65. The summed E-state index contributed by atoms with van der Waals surface area (Å²) in [5.74, 6) is 0.326. The van der Waals surface area contributed by atoms with E-state index in [2.05, 4.69) is 17.3 Å². The Morgan fingerprint density at radius 3 is 2.86 bits per heavy atom. The van der Waals surface area contributed by atoms with Crippen molar-refractivity contribution in [3.63, 3.8) is 0 Å². The van der Waals surface area contributed by atoms with E-state index in [1.165, 1.54) is 0 Å². The molecule has 0 aromatic rings. The van der Waals surface area contributed by atoms with Gasteiger partial charge in [-0.2, -0.15) is 0 Å². The van der Waals surface area contributed by atoms with Gasteiger partial charge in [0.25, 0.3) is 0 Å². The van der Waals surface area contributed by atoms with Crippen LogP contribution < -0.4 is 5.32 Å². The maximum absolute atomic E-state index is 11.3. The van der Waals surface area contributed by atoms with Crippen LogP contribution in [-0.2, 0) is 4.79 Å². The van der Waals surface area contributed by atoms with Gasteiger partial charge in [-0.3, -0.25) is 4.79 Å². The lowest BCUT2D eigenvalue weighted by Crippen LogP contribution is -2.36. The Hall–Kier alpha value is -0.610. The number of nitrogens with one attached hydrogen (secondary N) is 1. The van der Waals surface area contributed by atoms with Crippen molar-refractivity contribution >= 4 is 5.91 Å². The molecule has 1 N–H and O–H groups in total. The summed E-state index contributed by atoms with van der Waals surface area (Å²) in [6, 6.07) is 0. The molecule has 1 aliphatic heterocycles. The van der Waals surface area contributed by atoms with Gasteiger partial charge in [-0.15, -0.1) is 0 Å². The molecule has 1 rings (SSSR count). The summed E-state index contributed by atoms with van der Waals surface area (Å²) < 4.78 is 0. The van der Waals surface area contributed by atoms with Gasteiger partial charge in [-0.1, -0.05) is 0 Å². The number of amides is 1. The van der Waals surface area contributed by atoms with Crippen LogP contribution in [0.5, 0.6) is 0 Å². The molecule has 1 aliphatic rings. The number of hydrogen-bond donors (Lipinski definition) is 1. The first-order valence-corrected chi connectivity index (χ1v) is 5.35. The molecule has 0 aromatic heterocycles. The average Bonchev–Trinajstić information content (AvgIpc) is 2.58. The van der Waals surface area contributed by atoms with Crippen molar-refractivity contribution in [1.29, 1.82) is 0 Å². The fourth-order valence-corrected chi connectivity index (χ4v) is 1.65. The van der Waals surface area contributed by atoms with Crippen LogP contribution in [0.4, 0.5) is 0 Å². The van der Waals surface area contributed by atoms with Crippen LogP contribution in [0.25, 0.3) is 0 Å². The highest BCUT2D eigenvalue weighted by molar-refractivity contribution is 5.78. The number of nitrogens with zero attached hydrogens (tertiary/aromatic N) is 2. The number of rotatable bonds is 6. The molecule has 14 heavy (non-hydrogen) atoms. The quantitative estimate of drug-likeness (QED) is 0.641. The van der Waals surface area contributed by atoms with E-state index < -0.39 is 0 Å². The van der Waals surface area contributed by atoms with Gasteiger partial charge in [0.15, 0.2) is 0 Å². The second-order valence-corrected chi connectivity index (χ2v) is 3.89. The first kappa shape index (κ1) is 11.5. The molecule has 82 valence electrons. The molecule has 4 nitrogen and oxygen atoms in total. The number of hydrogen-bond acceptors (Lipinski definition) is 3. The van der Waals surface area contributed by atoms with Crippen molar-refractivity contribution in [2.75, 3.05) is 46.8 Å². The maximum atomic E-state index is 11.3. The Bertz CT molecular complexity index is 184. The van der Waals surface area contributed by atoms with Crippen LogP contribution in [-0.4, -0.2) is 62.5 Å². The third-order valence-electron chi connectivity index (χ3n) is 2.67. The highest BCUT2D eigenvalue weighted by Gasteiger charge is 2.19. The molecule has 1 fully saturated rings. The largest absolute Gasteiger partial charge is 0.341 e. The average molecular weight is 199 g/mol. The van der Waals surface area contributed by atoms with Gasteiger partial charge < -0.3 is 15.1 Å². The zero-order chi connectivity index (χ0) is 10.4. The number of carbonyl (C=O) groups is 1. The highest BCUT2D eigenvalue weighted by atomic mass is 16.2. The minimum Gasteiger partial charge on any atom is -0.341 e. The van der Waals surface area contributed by atoms with E-state index in [-0.39, 0.29) is 0 Å². The number of carbonyl (C=O) groups excluding carboxylic acids is 1. The number of likely N-dealkylation sites (N-methyl/N-ethyl adjacent to an activating group) is 2. The van der Waals surface area contributed by atoms with E-state index in [0.29, 0.717) is 5.91 Å². The van der Waals surface area contributed by atoms with Crippen molar-refractivity contribution in [3.05, 3.63) is 0 Å². The molecule has 0 radical (unpaired) electrons. The van der Waals surface area contributed by atoms with Gasteiger partial charge in [0.05, 0.1) is 0 Å². The molecule has 0 aromatic carbocycles. The fraction of sp³-hybridized carbons (Fsp3) is 0.900. The highest BCUT2D eigenvalue weighted by Crippen LogP contribution is 2.08. The van der Waals surface area contributed by atoms with E-state index in [0.717, 1.165) is 45.6 Å². The second-order valence-electron chi connectivity index (χ2n) is 3.89. The van der Waals surface area contributed by atoms with Crippen molar-refractivity contribution in [1.82, 2.24) is 15.1 Å². The minimum atomic E-state index is 0.326. The van der Waals surface area contributed by atoms with Crippen molar-refractivity contribution in [2.24, 2.45) is 0 Å². The molecule has 1 saturated heterocycles.